The number of benzene rings is 1. The van der Waals surface area contributed by atoms with Gasteiger partial charge in [0.25, 0.3) is 0 Å². The summed E-state index contributed by atoms with van der Waals surface area (Å²) < 4.78 is 1.85. The predicted octanol–water partition coefficient (Wildman–Crippen LogP) is 2.19. The van der Waals surface area contributed by atoms with Crippen LogP contribution >= 0.6 is 11.3 Å². The first-order chi connectivity index (χ1) is 8.29. The maximum atomic E-state index is 9.06. The van der Waals surface area contributed by atoms with E-state index in [1.807, 2.05) is 36.0 Å². The average molecular weight is 245 g/mol. The second-order valence-corrected chi connectivity index (χ2v) is 4.89. The van der Waals surface area contributed by atoms with Crippen LogP contribution in [0.5, 0.6) is 0 Å². The second kappa shape index (κ2) is 3.94. The first-order valence-corrected chi connectivity index (χ1v) is 6.09. The topological polar surface area (TPSA) is 50.9 Å². The van der Waals surface area contributed by atoms with Gasteiger partial charge in [0, 0.05) is 18.6 Å². The van der Waals surface area contributed by atoms with Crippen molar-refractivity contribution in [2.45, 2.75) is 6.61 Å². The molecule has 5 heteroatoms. The van der Waals surface area contributed by atoms with Crippen LogP contribution in [0.3, 0.4) is 0 Å². The molecular formula is C12H11N3OS. The molecule has 0 bridgehead atoms. The third kappa shape index (κ3) is 1.64. The van der Waals surface area contributed by atoms with Crippen molar-refractivity contribution in [3.05, 3.63) is 35.3 Å². The highest BCUT2D eigenvalue weighted by Gasteiger charge is 2.13. The molecule has 0 saturated heterocycles. The molecule has 1 N–H and O–H groups in total. The van der Waals surface area contributed by atoms with Gasteiger partial charge in [0.1, 0.15) is 10.7 Å². The lowest BCUT2D eigenvalue weighted by molar-refractivity contribution is 0.285. The van der Waals surface area contributed by atoms with E-state index in [-0.39, 0.29) is 6.61 Å². The van der Waals surface area contributed by atoms with Crippen molar-refractivity contribution in [1.82, 2.24) is 14.8 Å². The van der Waals surface area contributed by atoms with Crippen molar-refractivity contribution in [3.8, 4) is 10.7 Å². The Kier molecular flexibility index (Phi) is 2.42. The molecule has 0 radical (unpaired) electrons. The van der Waals surface area contributed by atoms with E-state index >= 15 is 0 Å². The number of rotatable bonds is 2. The van der Waals surface area contributed by atoms with Crippen molar-refractivity contribution in [2.75, 3.05) is 0 Å². The normalized spacial score (nSPS) is 11.2. The summed E-state index contributed by atoms with van der Waals surface area (Å²) in [4.78, 5) is 5.16. The number of aromatic nitrogens is 3. The van der Waals surface area contributed by atoms with Gasteiger partial charge < -0.3 is 5.11 Å². The number of nitrogens with zero attached hydrogens (tertiary/aromatic N) is 3. The van der Waals surface area contributed by atoms with E-state index in [4.69, 9.17) is 5.11 Å². The lowest BCUT2D eigenvalue weighted by Gasteiger charge is -1.91. The van der Waals surface area contributed by atoms with Crippen molar-refractivity contribution in [2.24, 2.45) is 7.05 Å². The van der Waals surface area contributed by atoms with Crippen LogP contribution in [0.25, 0.3) is 21.6 Å². The summed E-state index contributed by atoms with van der Waals surface area (Å²) >= 11 is 1.48. The maximum Gasteiger partial charge on any atom is 0.144 e. The number of aryl methyl sites for hydroxylation is 1. The van der Waals surface area contributed by atoms with Crippen LogP contribution < -0.4 is 0 Å². The average Bonchev–Trinajstić information content (AvgIpc) is 2.95. The van der Waals surface area contributed by atoms with E-state index in [0.29, 0.717) is 0 Å². The smallest absolute Gasteiger partial charge is 0.144 e. The van der Waals surface area contributed by atoms with Gasteiger partial charge in [0.15, 0.2) is 0 Å². The van der Waals surface area contributed by atoms with Gasteiger partial charge in [-0.05, 0) is 6.07 Å². The van der Waals surface area contributed by atoms with Gasteiger partial charge in [-0.2, -0.15) is 5.10 Å². The minimum absolute atomic E-state index is 0.0302. The van der Waals surface area contributed by atoms with Crippen molar-refractivity contribution >= 4 is 22.2 Å². The maximum absolute atomic E-state index is 9.06. The van der Waals surface area contributed by atoms with Gasteiger partial charge in [0.2, 0.25) is 0 Å². The van der Waals surface area contributed by atoms with Crippen LogP contribution in [0, 0.1) is 0 Å². The standard InChI is InChI=1S/C12H11N3OS/c1-15-10-5-3-2-4-9(10)11(14-15)12-13-6-8(7-16)17-12/h2-6,16H,7H2,1H3. The number of hydrogen-bond acceptors (Lipinski definition) is 4. The predicted molar refractivity (Wildman–Crippen MR) is 67.7 cm³/mol. The molecule has 3 rings (SSSR count). The molecule has 0 aliphatic heterocycles. The zero-order chi connectivity index (χ0) is 11.8. The van der Waals surface area contributed by atoms with Crippen LogP contribution in [0.2, 0.25) is 0 Å². The molecule has 0 aliphatic rings. The summed E-state index contributed by atoms with van der Waals surface area (Å²) in [6.45, 7) is 0.0302. The van der Waals surface area contributed by atoms with Crippen LogP contribution in [0.1, 0.15) is 4.88 Å². The molecular weight excluding hydrogens is 234 g/mol. The monoisotopic (exact) mass is 245 g/mol. The summed E-state index contributed by atoms with van der Waals surface area (Å²) in [5.74, 6) is 0. The molecule has 0 saturated carbocycles. The van der Waals surface area contributed by atoms with Gasteiger partial charge in [-0.25, -0.2) is 4.98 Å². The highest BCUT2D eigenvalue weighted by atomic mass is 32.1. The Morgan fingerprint density at radius 2 is 2.18 bits per heavy atom. The minimum Gasteiger partial charge on any atom is -0.391 e. The van der Waals surface area contributed by atoms with Gasteiger partial charge >= 0.3 is 0 Å². The first-order valence-electron chi connectivity index (χ1n) is 5.27. The molecule has 0 fully saturated rings. The van der Waals surface area contributed by atoms with Crippen molar-refractivity contribution in [1.29, 1.82) is 0 Å². The molecule has 3 aromatic rings. The Balaban J connectivity index is 2.23. The summed E-state index contributed by atoms with van der Waals surface area (Å²) in [6.07, 6.45) is 1.70. The highest BCUT2D eigenvalue weighted by Crippen LogP contribution is 2.30. The molecule has 0 amide bonds. The van der Waals surface area contributed by atoms with E-state index in [0.717, 1.165) is 26.5 Å². The number of para-hydroxylation sites is 1. The zero-order valence-electron chi connectivity index (χ0n) is 9.29. The summed E-state index contributed by atoms with van der Waals surface area (Å²) in [6, 6.07) is 8.06. The number of aliphatic hydroxyl groups is 1. The molecule has 4 nitrogen and oxygen atoms in total. The Bertz CT molecular complexity index is 671. The quantitative estimate of drug-likeness (QED) is 0.753. The van der Waals surface area contributed by atoms with E-state index in [1.165, 1.54) is 11.3 Å². The number of fused-ring (bicyclic) bond motifs is 1. The van der Waals surface area contributed by atoms with Gasteiger partial charge in [-0.3, -0.25) is 4.68 Å². The van der Waals surface area contributed by atoms with E-state index < -0.39 is 0 Å². The molecule has 0 atom stereocenters. The molecule has 0 spiro atoms. The summed E-state index contributed by atoms with van der Waals surface area (Å²) in [5, 5.41) is 15.5. The largest absolute Gasteiger partial charge is 0.391 e. The van der Waals surface area contributed by atoms with Crippen molar-refractivity contribution in [3.63, 3.8) is 0 Å². The summed E-state index contributed by atoms with van der Waals surface area (Å²) in [7, 11) is 1.92. The van der Waals surface area contributed by atoms with Crippen LogP contribution in [0.4, 0.5) is 0 Å². The fourth-order valence-electron chi connectivity index (χ4n) is 1.86. The Morgan fingerprint density at radius 3 is 2.94 bits per heavy atom. The highest BCUT2D eigenvalue weighted by molar-refractivity contribution is 7.15. The third-order valence-corrected chi connectivity index (χ3v) is 3.66. The second-order valence-electron chi connectivity index (χ2n) is 3.78. The molecule has 17 heavy (non-hydrogen) atoms. The number of thiazole rings is 1. The van der Waals surface area contributed by atoms with Crippen LogP contribution in [-0.4, -0.2) is 19.9 Å². The molecule has 1 aromatic carbocycles. The fourth-order valence-corrected chi connectivity index (χ4v) is 2.63. The van der Waals surface area contributed by atoms with Gasteiger partial charge in [0.05, 0.1) is 17.0 Å². The molecule has 0 aliphatic carbocycles. The summed E-state index contributed by atoms with van der Waals surface area (Å²) in [5.41, 5.74) is 1.97. The van der Waals surface area contributed by atoms with Gasteiger partial charge in [-0.15, -0.1) is 11.3 Å². The SMILES string of the molecule is Cn1nc(-c2ncc(CO)s2)c2ccccc21. The minimum atomic E-state index is 0.0302. The van der Waals surface area contributed by atoms with Crippen LogP contribution in [0.15, 0.2) is 30.5 Å². The molecule has 2 aromatic heterocycles. The Morgan fingerprint density at radius 1 is 1.35 bits per heavy atom. The van der Waals surface area contributed by atoms with Gasteiger partial charge in [-0.1, -0.05) is 18.2 Å². The lowest BCUT2D eigenvalue weighted by Crippen LogP contribution is -1.89. The Hall–Kier alpha value is -1.72. The fraction of sp³-hybridized carbons (Fsp3) is 0.167. The molecule has 86 valence electrons. The molecule has 2 heterocycles. The van der Waals surface area contributed by atoms with Crippen molar-refractivity contribution < 1.29 is 5.11 Å². The lowest BCUT2D eigenvalue weighted by atomic mass is 10.2. The van der Waals surface area contributed by atoms with E-state index in [1.54, 1.807) is 6.20 Å². The third-order valence-electron chi connectivity index (χ3n) is 2.67. The number of aliphatic hydroxyl groups excluding tert-OH is 1. The molecule has 0 unspecified atom stereocenters. The van der Waals surface area contributed by atoms with E-state index in [2.05, 4.69) is 10.1 Å². The Labute approximate surface area is 102 Å². The van der Waals surface area contributed by atoms with E-state index in [9.17, 15) is 0 Å². The number of hydrogen-bond donors (Lipinski definition) is 1. The first kappa shape index (κ1) is 10.4. The zero-order valence-corrected chi connectivity index (χ0v) is 10.1. The van der Waals surface area contributed by atoms with Crippen LogP contribution in [-0.2, 0) is 13.7 Å².